The van der Waals surface area contributed by atoms with E-state index in [1.165, 1.54) is 0 Å². The van der Waals surface area contributed by atoms with E-state index < -0.39 is 6.04 Å². The van der Waals surface area contributed by atoms with Crippen LogP contribution in [0.5, 0.6) is 0 Å². The highest BCUT2D eigenvalue weighted by Gasteiger charge is 2.27. The normalized spacial score (nSPS) is 17.1. The van der Waals surface area contributed by atoms with E-state index in [0.717, 1.165) is 6.42 Å². The lowest BCUT2D eigenvalue weighted by molar-refractivity contribution is -0.133. The largest absolute Gasteiger partial charge is 0.340 e. The van der Waals surface area contributed by atoms with Crippen LogP contribution in [0.4, 0.5) is 0 Å². The second-order valence-corrected chi connectivity index (χ2v) is 6.63. The number of halogens is 1. The smallest absolute Gasteiger partial charge is 0.255 e. The fourth-order valence-electron chi connectivity index (χ4n) is 2.64. The summed E-state index contributed by atoms with van der Waals surface area (Å²) in [6, 6.07) is 6.56. The van der Waals surface area contributed by atoms with E-state index in [9.17, 15) is 9.59 Å². The van der Waals surface area contributed by atoms with Crippen molar-refractivity contribution in [3.05, 3.63) is 34.9 Å². The monoisotopic (exact) mass is 337 g/mol. The fourth-order valence-corrected chi connectivity index (χ4v) is 2.86. The predicted octanol–water partition coefficient (Wildman–Crippen LogP) is 2.00. The average molecular weight is 338 g/mol. The SMILES string of the molecule is CC(C)C(N)C(=O)N1CCCN(C(=O)c2ccccc2Cl)CC1. The third-order valence-electron chi connectivity index (χ3n) is 4.20. The van der Waals surface area contributed by atoms with Crippen molar-refractivity contribution in [2.45, 2.75) is 26.3 Å². The number of carbonyl (C=O) groups excluding carboxylic acids is 2. The van der Waals surface area contributed by atoms with E-state index in [4.69, 9.17) is 17.3 Å². The van der Waals surface area contributed by atoms with Crippen molar-refractivity contribution in [1.82, 2.24) is 9.80 Å². The second kappa shape index (κ2) is 7.79. The highest BCUT2D eigenvalue weighted by molar-refractivity contribution is 6.33. The molecule has 1 fully saturated rings. The third kappa shape index (κ3) is 4.24. The van der Waals surface area contributed by atoms with Crippen LogP contribution in [-0.2, 0) is 4.79 Å². The maximum absolute atomic E-state index is 12.6. The molecule has 1 atom stereocenters. The van der Waals surface area contributed by atoms with Gasteiger partial charge in [-0.25, -0.2) is 0 Å². The van der Waals surface area contributed by atoms with Gasteiger partial charge in [0.25, 0.3) is 5.91 Å². The van der Waals surface area contributed by atoms with Crippen molar-refractivity contribution >= 4 is 23.4 Å². The molecule has 1 unspecified atom stereocenters. The number of carbonyl (C=O) groups is 2. The number of amides is 2. The van der Waals surface area contributed by atoms with Crippen LogP contribution >= 0.6 is 11.6 Å². The summed E-state index contributed by atoms with van der Waals surface area (Å²) in [5.41, 5.74) is 6.47. The molecule has 2 N–H and O–H groups in total. The minimum absolute atomic E-state index is 0.0351. The fraction of sp³-hybridized carbons (Fsp3) is 0.529. The second-order valence-electron chi connectivity index (χ2n) is 6.22. The van der Waals surface area contributed by atoms with Crippen LogP contribution in [0.25, 0.3) is 0 Å². The van der Waals surface area contributed by atoms with Gasteiger partial charge in [0.15, 0.2) is 0 Å². The molecular formula is C17H24ClN3O2. The number of hydrogen-bond acceptors (Lipinski definition) is 3. The number of benzene rings is 1. The Labute approximate surface area is 142 Å². The average Bonchev–Trinajstić information content (AvgIpc) is 2.79. The molecule has 6 heteroatoms. The van der Waals surface area contributed by atoms with Crippen molar-refractivity contribution in [1.29, 1.82) is 0 Å². The Morgan fingerprint density at radius 3 is 2.35 bits per heavy atom. The Balaban J connectivity index is 2.03. The molecule has 0 saturated carbocycles. The van der Waals surface area contributed by atoms with Crippen molar-refractivity contribution in [3.8, 4) is 0 Å². The first-order chi connectivity index (χ1) is 10.9. The van der Waals surface area contributed by atoms with E-state index in [-0.39, 0.29) is 17.7 Å². The molecule has 1 aromatic rings. The lowest BCUT2D eigenvalue weighted by Gasteiger charge is -2.26. The van der Waals surface area contributed by atoms with Gasteiger partial charge in [-0.05, 0) is 24.5 Å². The van der Waals surface area contributed by atoms with Gasteiger partial charge in [-0.3, -0.25) is 9.59 Å². The molecule has 0 bridgehead atoms. The van der Waals surface area contributed by atoms with Crippen LogP contribution in [0.3, 0.4) is 0 Å². The summed E-state index contributed by atoms with van der Waals surface area (Å²) >= 11 is 6.11. The van der Waals surface area contributed by atoms with Gasteiger partial charge < -0.3 is 15.5 Å². The van der Waals surface area contributed by atoms with Crippen LogP contribution in [0, 0.1) is 5.92 Å². The Morgan fingerprint density at radius 2 is 1.70 bits per heavy atom. The Kier molecular flexibility index (Phi) is 6.02. The molecule has 1 aromatic carbocycles. The van der Waals surface area contributed by atoms with E-state index in [2.05, 4.69) is 0 Å². The molecule has 1 aliphatic rings. The van der Waals surface area contributed by atoms with Gasteiger partial charge in [0.05, 0.1) is 16.6 Å². The van der Waals surface area contributed by atoms with Gasteiger partial charge in [0.1, 0.15) is 0 Å². The molecule has 0 aliphatic carbocycles. The maximum Gasteiger partial charge on any atom is 0.255 e. The van der Waals surface area contributed by atoms with Crippen LogP contribution < -0.4 is 5.73 Å². The molecular weight excluding hydrogens is 314 g/mol. The van der Waals surface area contributed by atoms with Crippen LogP contribution in [0.15, 0.2) is 24.3 Å². The summed E-state index contributed by atoms with van der Waals surface area (Å²) in [5, 5.41) is 0.455. The van der Waals surface area contributed by atoms with Gasteiger partial charge in [0.2, 0.25) is 5.91 Å². The van der Waals surface area contributed by atoms with E-state index in [1.54, 1.807) is 34.1 Å². The highest BCUT2D eigenvalue weighted by Crippen LogP contribution is 2.18. The highest BCUT2D eigenvalue weighted by atomic mass is 35.5. The molecule has 23 heavy (non-hydrogen) atoms. The zero-order valence-electron chi connectivity index (χ0n) is 13.7. The number of nitrogens with zero attached hydrogens (tertiary/aromatic N) is 2. The quantitative estimate of drug-likeness (QED) is 0.917. The summed E-state index contributed by atoms with van der Waals surface area (Å²) in [7, 11) is 0. The Morgan fingerprint density at radius 1 is 1.09 bits per heavy atom. The Hall–Kier alpha value is -1.59. The summed E-state index contributed by atoms with van der Waals surface area (Å²) < 4.78 is 0. The van der Waals surface area contributed by atoms with Crippen LogP contribution in [0.1, 0.15) is 30.6 Å². The van der Waals surface area contributed by atoms with Crippen molar-refractivity contribution < 1.29 is 9.59 Å². The lowest BCUT2D eigenvalue weighted by Crippen LogP contribution is -2.47. The first-order valence-electron chi connectivity index (χ1n) is 8.00. The maximum atomic E-state index is 12.6. The zero-order valence-corrected chi connectivity index (χ0v) is 14.4. The van der Waals surface area contributed by atoms with Crippen molar-refractivity contribution in [3.63, 3.8) is 0 Å². The first kappa shape index (κ1) is 17.8. The molecule has 1 saturated heterocycles. The first-order valence-corrected chi connectivity index (χ1v) is 8.37. The summed E-state index contributed by atoms with van der Waals surface area (Å²) in [4.78, 5) is 28.5. The van der Waals surface area contributed by atoms with Crippen molar-refractivity contribution in [2.75, 3.05) is 26.2 Å². The minimum Gasteiger partial charge on any atom is -0.340 e. The van der Waals surface area contributed by atoms with Gasteiger partial charge in [-0.1, -0.05) is 37.6 Å². The summed E-state index contributed by atoms with van der Waals surface area (Å²) in [5.74, 6) is -0.0169. The molecule has 126 valence electrons. The molecule has 0 radical (unpaired) electrons. The van der Waals surface area contributed by atoms with Gasteiger partial charge in [-0.2, -0.15) is 0 Å². The predicted molar refractivity (Wildman–Crippen MR) is 91.4 cm³/mol. The van der Waals surface area contributed by atoms with Gasteiger partial charge in [0, 0.05) is 26.2 Å². The third-order valence-corrected chi connectivity index (χ3v) is 4.53. The lowest BCUT2D eigenvalue weighted by atomic mass is 10.0. The topological polar surface area (TPSA) is 66.6 Å². The molecule has 1 heterocycles. The summed E-state index contributed by atoms with van der Waals surface area (Å²) in [6.45, 7) is 6.13. The number of rotatable bonds is 3. The van der Waals surface area contributed by atoms with Gasteiger partial charge in [-0.15, -0.1) is 0 Å². The molecule has 5 nitrogen and oxygen atoms in total. The summed E-state index contributed by atoms with van der Waals surface area (Å²) in [6.07, 6.45) is 0.743. The standard InChI is InChI=1S/C17H24ClN3O2/c1-12(2)15(19)17(23)21-9-5-8-20(10-11-21)16(22)13-6-3-4-7-14(13)18/h3-4,6-7,12,15H,5,8-11,19H2,1-2H3. The molecule has 2 amide bonds. The van der Waals surface area contributed by atoms with Crippen molar-refractivity contribution in [2.24, 2.45) is 11.7 Å². The molecule has 1 aliphatic heterocycles. The van der Waals surface area contributed by atoms with Crippen LogP contribution in [0.2, 0.25) is 5.02 Å². The molecule has 0 aromatic heterocycles. The molecule has 2 rings (SSSR count). The van der Waals surface area contributed by atoms with E-state index in [1.807, 2.05) is 13.8 Å². The minimum atomic E-state index is -0.485. The van der Waals surface area contributed by atoms with E-state index >= 15 is 0 Å². The van der Waals surface area contributed by atoms with E-state index in [0.29, 0.717) is 36.8 Å². The Bertz CT molecular complexity index is 577. The van der Waals surface area contributed by atoms with Crippen LogP contribution in [-0.4, -0.2) is 53.8 Å². The number of nitrogens with two attached hydrogens (primary N) is 1. The molecule has 0 spiro atoms. The van der Waals surface area contributed by atoms with Gasteiger partial charge >= 0.3 is 0 Å². The zero-order chi connectivity index (χ0) is 17.0. The number of hydrogen-bond donors (Lipinski definition) is 1.